The van der Waals surface area contributed by atoms with Gasteiger partial charge in [-0.25, -0.2) is 0 Å². The molecule has 1 saturated heterocycles. The van der Waals surface area contributed by atoms with E-state index in [1.165, 1.54) is 45.3 Å². The van der Waals surface area contributed by atoms with Gasteiger partial charge in [0.1, 0.15) is 0 Å². The fraction of sp³-hybridized carbons (Fsp3) is 1.00. The summed E-state index contributed by atoms with van der Waals surface area (Å²) >= 11 is 0. The molecule has 1 aliphatic heterocycles. The number of rotatable bonds is 3. The summed E-state index contributed by atoms with van der Waals surface area (Å²) in [5, 5.41) is 0. The van der Waals surface area contributed by atoms with E-state index in [1.807, 2.05) is 0 Å². The highest BCUT2D eigenvalue weighted by molar-refractivity contribution is 4.88. The van der Waals surface area contributed by atoms with E-state index < -0.39 is 0 Å². The van der Waals surface area contributed by atoms with E-state index in [-0.39, 0.29) is 0 Å². The van der Waals surface area contributed by atoms with Gasteiger partial charge in [0.2, 0.25) is 0 Å². The Morgan fingerprint density at radius 2 is 2.07 bits per heavy atom. The predicted octanol–water partition coefficient (Wildman–Crippen LogP) is 3.15. The SMILES string of the molecule is CC(C)C1(C)CCCN(CC2CC2)C1. The summed E-state index contributed by atoms with van der Waals surface area (Å²) in [5.74, 6) is 1.90. The Hall–Kier alpha value is -0.0400. The zero-order valence-electron chi connectivity index (χ0n) is 10.1. The van der Waals surface area contributed by atoms with Crippen LogP contribution < -0.4 is 0 Å². The topological polar surface area (TPSA) is 3.24 Å². The van der Waals surface area contributed by atoms with Crippen LogP contribution in [-0.2, 0) is 0 Å². The van der Waals surface area contributed by atoms with Crippen LogP contribution in [0.4, 0.5) is 0 Å². The minimum Gasteiger partial charge on any atom is -0.303 e. The molecule has 0 aromatic carbocycles. The second-order valence-corrected chi connectivity index (χ2v) is 6.09. The summed E-state index contributed by atoms with van der Waals surface area (Å²) in [7, 11) is 0. The van der Waals surface area contributed by atoms with Crippen molar-refractivity contribution >= 4 is 0 Å². The molecule has 1 atom stereocenters. The van der Waals surface area contributed by atoms with Crippen molar-refractivity contribution in [3.05, 3.63) is 0 Å². The highest BCUT2D eigenvalue weighted by Crippen LogP contribution is 2.38. The Balaban J connectivity index is 1.88. The van der Waals surface area contributed by atoms with Crippen LogP contribution >= 0.6 is 0 Å². The highest BCUT2D eigenvalue weighted by atomic mass is 15.1. The Bertz CT molecular complexity index is 195. The van der Waals surface area contributed by atoms with Crippen molar-refractivity contribution in [2.75, 3.05) is 19.6 Å². The van der Waals surface area contributed by atoms with E-state index in [2.05, 4.69) is 25.7 Å². The standard InChI is InChI=1S/C13H25N/c1-11(2)13(3)7-4-8-14(10-13)9-12-5-6-12/h11-12H,4-10H2,1-3H3. The minimum absolute atomic E-state index is 0.590. The van der Waals surface area contributed by atoms with E-state index in [0.717, 1.165) is 11.8 Å². The number of hydrogen-bond acceptors (Lipinski definition) is 1. The van der Waals surface area contributed by atoms with Gasteiger partial charge < -0.3 is 4.90 Å². The van der Waals surface area contributed by atoms with Crippen molar-refractivity contribution in [1.82, 2.24) is 4.90 Å². The monoisotopic (exact) mass is 195 g/mol. The lowest BCUT2D eigenvalue weighted by atomic mass is 9.73. The van der Waals surface area contributed by atoms with E-state index in [0.29, 0.717) is 5.41 Å². The lowest BCUT2D eigenvalue weighted by Crippen LogP contribution is -2.45. The van der Waals surface area contributed by atoms with Crippen LogP contribution in [0, 0.1) is 17.3 Å². The molecular formula is C13H25N. The van der Waals surface area contributed by atoms with E-state index >= 15 is 0 Å². The van der Waals surface area contributed by atoms with Crippen molar-refractivity contribution in [1.29, 1.82) is 0 Å². The van der Waals surface area contributed by atoms with E-state index in [1.54, 1.807) is 0 Å². The summed E-state index contributed by atoms with van der Waals surface area (Å²) in [6, 6.07) is 0. The molecule has 14 heavy (non-hydrogen) atoms. The first-order valence-corrected chi connectivity index (χ1v) is 6.32. The highest BCUT2D eigenvalue weighted by Gasteiger charge is 2.35. The van der Waals surface area contributed by atoms with Gasteiger partial charge >= 0.3 is 0 Å². The van der Waals surface area contributed by atoms with Crippen LogP contribution in [0.15, 0.2) is 0 Å². The fourth-order valence-corrected chi connectivity index (χ4v) is 2.67. The average Bonchev–Trinajstić information content (AvgIpc) is 2.88. The molecule has 0 amide bonds. The van der Waals surface area contributed by atoms with Gasteiger partial charge in [0.15, 0.2) is 0 Å². The Kier molecular flexibility index (Phi) is 2.88. The first-order valence-electron chi connectivity index (χ1n) is 6.32. The number of nitrogens with zero attached hydrogens (tertiary/aromatic N) is 1. The Morgan fingerprint density at radius 1 is 1.36 bits per heavy atom. The van der Waals surface area contributed by atoms with Gasteiger partial charge in [-0.3, -0.25) is 0 Å². The molecule has 2 fully saturated rings. The maximum absolute atomic E-state index is 2.72. The van der Waals surface area contributed by atoms with Gasteiger partial charge in [-0.1, -0.05) is 20.8 Å². The van der Waals surface area contributed by atoms with Gasteiger partial charge in [0.25, 0.3) is 0 Å². The molecule has 1 unspecified atom stereocenters. The van der Waals surface area contributed by atoms with Gasteiger partial charge in [-0.05, 0) is 49.5 Å². The molecule has 0 spiro atoms. The number of hydrogen-bond donors (Lipinski definition) is 0. The van der Waals surface area contributed by atoms with Crippen molar-refractivity contribution in [3.63, 3.8) is 0 Å². The smallest absolute Gasteiger partial charge is 0.00379 e. The molecule has 0 aromatic heterocycles. The number of piperidine rings is 1. The van der Waals surface area contributed by atoms with Crippen molar-refractivity contribution in [2.45, 2.75) is 46.5 Å². The number of likely N-dealkylation sites (tertiary alicyclic amines) is 1. The lowest BCUT2D eigenvalue weighted by molar-refractivity contribution is 0.0607. The molecular weight excluding hydrogens is 170 g/mol. The molecule has 1 heteroatoms. The summed E-state index contributed by atoms with van der Waals surface area (Å²) in [4.78, 5) is 2.72. The Morgan fingerprint density at radius 3 is 2.64 bits per heavy atom. The molecule has 2 aliphatic rings. The van der Waals surface area contributed by atoms with E-state index in [9.17, 15) is 0 Å². The largest absolute Gasteiger partial charge is 0.303 e. The molecule has 0 radical (unpaired) electrons. The van der Waals surface area contributed by atoms with Crippen LogP contribution in [-0.4, -0.2) is 24.5 Å². The van der Waals surface area contributed by atoms with Crippen LogP contribution in [0.5, 0.6) is 0 Å². The quantitative estimate of drug-likeness (QED) is 0.668. The third kappa shape index (κ3) is 2.31. The lowest BCUT2D eigenvalue weighted by Gasteiger charge is -2.43. The van der Waals surface area contributed by atoms with Crippen LogP contribution in [0.3, 0.4) is 0 Å². The summed E-state index contributed by atoms with van der Waals surface area (Å²) in [6.45, 7) is 11.4. The first-order chi connectivity index (χ1) is 6.60. The predicted molar refractivity (Wildman–Crippen MR) is 61.3 cm³/mol. The minimum atomic E-state index is 0.590. The fourth-order valence-electron chi connectivity index (χ4n) is 2.67. The van der Waals surface area contributed by atoms with Crippen LogP contribution in [0.25, 0.3) is 0 Å². The molecule has 1 aliphatic carbocycles. The second-order valence-electron chi connectivity index (χ2n) is 6.09. The first kappa shape index (κ1) is 10.5. The zero-order chi connectivity index (χ0) is 10.2. The van der Waals surface area contributed by atoms with Crippen LogP contribution in [0.1, 0.15) is 46.5 Å². The molecule has 0 N–H and O–H groups in total. The summed E-state index contributed by atoms with van der Waals surface area (Å²) in [5.41, 5.74) is 0.590. The zero-order valence-corrected chi connectivity index (χ0v) is 10.1. The summed E-state index contributed by atoms with van der Waals surface area (Å²) < 4.78 is 0. The van der Waals surface area contributed by atoms with Crippen molar-refractivity contribution in [2.24, 2.45) is 17.3 Å². The van der Waals surface area contributed by atoms with Gasteiger partial charge in [-0.2, -0.15) is 0 Å². The van der Waals surface area contributed by atoms with E-state index in [4.69, 9.17) is 0 Å². The summed E-state index contributed by atoms with van der Waals surface area (Å²) in [6.07, 6.45) is 5.84. The Labute approximate surface area is 88.9 Å². The molecule has 2 rings (SSSR count). The third-order valence-corrected chi connectivity index (χ3v) is 4.41. The van der Waals surface area contributed by atoms with Crippen molar-refractivity contribution in [3.8, 4) is 0 Å². The molecule has 1 nitrogen and oxygen atoms in total. The second kappa shape index (κ2) is 3.84. The maximum Gasteiger partial charge on any atom is 0.00379 e. The normalized spacial score (nSPS) is 35.1. The van der Waals surface area contributed by atoms with Crippen molar-refractivity contribution < 1.29 is 0 Å². The van der Waals surface area contributed by atoms with Gasteiger partial charge in [0.05, 0.1) is 0 Å². The molecule has 0 aromatic rings. The average molecular weight is 195 g/mol. The maximum atomic E-state index is 2.72. The molecule has 1 heterocycles. The third-order valence-electron chi connectivity index (χ3n) is 4.41. The molecule has 82 valence electrons. The molecule has 0 bridgehead atoms. The van der Waals surface area contributed by atoms with Gasteiger partial charge in [0, 0.05) is 13.1 Å². The molecule has 1 saturated carbocycles. The van der Waals surface area contributed by atoms with Crippen LogP contribution in [0.2, 0.25) is 0 Å². The van der Waals surface area contributed by atoms with Gasteiger partial charge in [-0.15, -0.1) is 0 Å².